The molecule has 1 aliphatic heterocycles. The third kappa shape index (κ3) is 3.67. The van der Waals surface area contributed by atoms with Crippen LogP contribution >= 0.6 is 23.2 Å². The fourth-order valence-corrected chi connectivity index (χ4v) is 2.79. The number of carbonyl (C=O) groups excluding carboxylic acids is 2. The molecule has 5 nitrogen and oxygen atoms in total. The number of benzene rings is 1. The Labute approximate surface area is 133 Å². The molecule has 2 unspecified atom stereocenters. The standard InChI is InChI=1S/C14H17Cl2N3O2/c1-8(10-4-3-9(15)5-11(10)16)19(2)14(21)12-6-18-13(20)7-17-12/h3-5,8,12,17H,6-7H2,1-2H3,(H,18,20). The maximum Gasteiger partial charge on any atom is 0.241 e. The van der Waals surface area contributed by atoms with Gasteiger partial charge in [0, 0.05) is 23.6 Å². The summed E-state index contributed by atoms with van der Waals surface area (Å²) in [6.45, 7) is 2.35. The average molecular weight is 330 g/mol. The van der Waals surface area contributed by atoms with E-state index in [-0.39, 0.29) is 24.4 Å². The molecule has 0 bridgehead atoms. The molecule has 114 valence electrons. The summed E-state index contributed by atoms with van der Waals surface area (Å²) in [7, 11) is 1.72. The zero-order valence-corrected chi connectivity index (χ0v) is 13.3. The van der Waals surface area contributed by atoms with Gasteiger partial charge in [-0.05, 0) is 24.6 Å². The van der Waals surface area contributed by atoms with Crippen molar-refractivity contribution in [2.75, 3.05) is 20.1 Å². The molecule has 2 atom stereocenters. The van der Waals surface area contributed by atoms with E-state index in [1.54, 1.807) is 24.1 Å². The number of nitrogens with one attached hydrogen (secondary N) is 2. The summed E-state index contributed by atoms with van der Waals surface area (Å²) in [5.74, 6) is -0.191. The van der Waals surface area contributed by atoms with Crippen LogP contribution < -0.4 is 10.6 Å². The zero-order valence-electron chi connectivity index (χ0n) is 11.8. The number of hydrogen-bond acceptors (Lipinski definition) is 3. The summed E-state index contributed by atoms with van der Waals surface area (Å²) in [6, 6.07) is 4.61. The minimum absolute atomic E-state index is 0.0893. The number of amides is 2. The molecule has 0 saturated carbocycles. The van der Waals surface area contributed by atoms with Crippen LogP contribution in [-0.4, -0.2) is 42.9 Å². The van der Waals surface area contributed by atoms with Gasteiger partial charge >= 0.3 is 0 Å². The highest BCUT2D eigenvalue weighted by molar-refractivity contribution is 6.35. The summed E-state index contributed by atoms with van der Waals surface area (Å²) in [5, 5.41) is 6.68. The van der Waals surface area contributed by atoms with Crippen molar-refractivity contribution in [3.63, 3.8) is 0 Å². The Morgan fingerprint density at radius 2 is 2.14 bits per heavy atom. The molecule has 1 saturated heterocycles. The molecular weight excluding hydrogens is 313 g/mol. The molecular formula is C14H17Cl2N3O2. The topological polar surface area (TPSA) is 61.4 Å². The maximum absolute atomic E-state index is 12.4. The van der Waals surface area contributed by atoms with E-state index in [4.69, 9.17) is 23.2 Å². The van der Waals surface area contributed by atoms with Crippen molar-refractivity contribution in [3.8, 4) is 0 Å². The summed E-state index contributed by atoms with van der Waals surface area (Å²) in [5.41, 5.74) is 0.830. The Hall–Kier alpha value is -1.30. The predicted octanol–water partition coefficient (Wildman–Crippen LogP) is 1.60. The molecule has 0 spiro atoms. The normalized spacial score (nSPS) is 19.8. The predicted molar refractivity (Wildman–Crippen MR) is 82.4 cm³/mol. The van der Waals surface area contributed by atoms with Gasteiger partial charge in [-0.25, -0.2) is 0 Å². The second-order valence-electron chi connectivity index (χ2n) is 5.03. The SMILES string of the molecule is CC(c1ccc(Cl)cc1Cl)N(C)C(=O)C1CNC(=O)CN1. The van der Waals surface area contributed by atoms with E-state index in [2.05, 4.69) is 10.6 Å². The van der Waals surface area contributed by atoms with Crippen molar-refractivity contribution < 1.29 is 9.59 Å². The molecule has 1 heterocycles. The van der Waals surface area contributed by atoms with Crippen LogP contribution in [0.3, 0.4) is 0 Å². The third-order valence-corrected chi connectivity index (χ3v) is 4.21. The first-order valence-corrected chi connectivity index (χ1v) is 7.37. The minimum atomic E-state index is -0.416. The second kappa shape index (κ2) is 6.64. The van der Waals surface area contributed by atoms with E-state index in [9.17, 15) is 9.59 Å². The van der Waals surface area contributed by atoms with Gasteiger partial charge in [-0.2, -0.15) is 0 Å². The monoisotopic (exact) mass is 329 g/mol. The average Bonchev–Trinajstić information content (AvgIpc) is 2.46. The van der Waals surface area contributed by atoms with Crippen LogP contribution in [0.5, 0.6) is 0 Å². The minimum Gasteiger partial charge on any atom is -0.353 e. The maximum atomic E-state index is 12.4. The van der Waals surface area contributed by atoms with Gasteiger partial charge in [-0.3, -0.25) is 14.9 Å². The number of piperazine rings is 1. The van der Waals surface area contributed by atoms with Crippen LogP contribution in [0, 0.1) is 0 Å². The van der Waals surface area contributed by atoms with Gasteiger partial charge < -0.3 is 10.2 Å². The number of carbonyl (C=O) groups is 2. The Morgan fingerprint density at radius 3 is 2.71 bits per heavy atom. The molecule has 2 N–H and O–H groups in total. The van der Waals surface area contributed by atoms with Crippen molar-refractivity contribution in [1.82, 2.24) is 15.5 Å². The number of hydrogen-bond donors (Lipinski definition) is 2. The highest BCUT2D eigenvalue weighted by atomic mass is 35.5. The lowest BCUT2D eigenvalue weighted by Gasteiger charge is -2.32. The smallest absolute Gasteiger partial charge is 0.241 e. The van der Waals surface area contributed by atoms with Crippen molar-refractivity contribution >= 4 is 35.0 Å². The first-order chi connectivity index (χ1) is 9.90. The zero-order chi connectivity index (χ0) is 15.6. The highest BCUT2D eigenvalue weighted by Crippen LogP contribution is 2.29. The molecule has 0 radical (unpaired) electrons. The number of nitrogens with zero attached hydrogens (tertiary/aromatic N) is 1. The van der Waals surface area contributed by atoms with E-state index in [1.165, 1.54) is 0 Å². The number of rotatable bonds is 3. The molecule has 2 rings (SSSR count). The molecule has 1 aromatic carbocycles. The quantitative estimate of drug-likeness (QED) is 0.885. The highest BCUT2D eigenvalue weighted by Gasteiger charge is 2.29. The molecule has 7 heteroatoms. The Morgan fingerprint density at radius 1 is 1.43 bits per heavy atom. The Bertz CT molecular complexity index is 555. The van der Waals surface area contributed by atoms with E-state index in [0.717, 1.165) is 5.56 Å². The van der Waals surface area contributed by atoms with Crippen LogP contribution in [0.1, 0.15) is 18.5 Å². The van der Waals surface area contributed by atoms with Crippen LogP contribution in [0.25, 0.3) is 0 Å². The molecule has 1 fully saturated rings. The van der Waals surface area contributed by atoms with Crippen LogP contribution in [-0.2, 0) is 9.59 Å². The largest absolute Gasteiger partial charge is 0.353 e. The second-order valence-corrected chi connectivity index (χ2v) is 5.87. The number of halogens is 2. The Kier molecular flexibility index (Phi) is 5.08. The lowest BCUT2D eigenvalue weighted by atomic mass is 10.1. The van der Waals surface area contributed by atoms with Crippen molar-refractivity contribution in [2.24, 2.45) is 0 Å². The van der Waals surface area contributed by atoms with Crippen LogP contribution in [0.2, 0.25) is 10.0 Å². The fraction of sp³-hybridized carbons (Fsp3) is 0.429. The van der Waals surface area contributed by atoms with Gasteiger partial charge in [-0.1, -0.05) is 29.3 Å². The van der Waals surface area contributed by atoms with Crippen molar-refractivity contribution in [1.29, 1.82) is 0 Å². The van der Waals surface area contributed by atoms with Crippen LogP contribution in [0.15, 0.2) is 18.2 Å². The molecule has 0 aromatic heterocycles. The van der Waals surface area contributed by atoms with Gasteiger partial charge in [0.2, 0.25) is 11.8 Å². The van der Waals surface area contributed by atoms with Gasteiger partial charge in [0.15, 0.2) is 0 Å². The van der Waals surface area contributed by atoms with Crippen LogP contribution in [0.4, 0.5) is 0 Å². The van der Waals surface area contributed by atoms with Gasteiger partial charge in [-0.15, -0.1) is 0 Å². The molecule has 0 aliphatic carbocycles. The number of likely N-dealkylation sites (N-methyl/N-ethyl adjacent to an activating group) is 1. The van der Waals surface area contributed by atoms with Crippen molar-refractivity contribution in [2.45, 2.75) is 19.0 Å². The van der Waals surface area contributed by atoms with Gasteiger partial charge in [0.25, 0.3) is 0 Å². The summed E-state index contributed by atoms with van der Waals surface area (Å²) < 4.78 is 0. The molecule has 21 heavy (non-hydrogen) atoms. The molecule has 2 amide bonds. The summed E-state index contributed by atoms with van der Waals surface area (Å²) in [4.78, 5) is 25.2. The van der Waals surface area contributed by atoms with Crippen molar-refractivity contribution in [3.05, 3.63) is 33.8 Å². The molecule has 1 aromatic rings. The molecule has 1 aliphatic rings. The third-order valence-electron chi connectivity index (χ3n) is 3.65. The lowest BCUT2D eigenvalue weighted by Crippen LogP contribution is -2.58. The van der Waals surface area contributed by atoms with E-state index >= 15 is 0 Å². The summed E-state index contributed by atoms with van der Waals surface area (Å²) >= 11 is 12.1. The van der Waals surface area contributed by atoms with E-state index in [0.29, 0.717) is 16.6 Å². The van der Waals surface area contributed by atoms with E-state index < -0.39 is 6.04 Å². The lowest BCUT2D eigenvalue weighted by molar-refractivity contribution is -0.135. The first-order valence-electron chi connectivity index (χ1n) is 6.62. The summed E-state index contributed by atoms with van der Waals surface area (Å²) in [6.07, 6.45) is 0. The first kappa shape index (κ1) is 16.1. The van der Waals surface area contributed by atoms with Gasteiger partial charge in [0.05, 0.1) is 12.6 Å². The fourth-order valence-electron chi connectivity index (χ4n) is 2.23. The van der Waals surface area contributed by atoms with E-state index in [1.807, 2.05) is 13.0 Å². The van der Waals surface area contributed by atoms with Gasteiger partial charge in [0.1, 0.15) is 6.04 Å². The Balaban J connectivity index is 2.09.